The van der Waals surface area contributed by atoms with Gasteiger partial charge >= 0.3 is 0 Å². The van der Waals surface area contributed by atoms with E-state index in [-0.39, 0.29) is 4.91 Å². The van der Waals surface area contributed by atoms with Gasteiger partial charge in [0.1, 0.15) is 0 Å². The van der Waals surface area contributed by atoms with Crippen molar-refractivity contribution in [3.63, 3.8) is 0 Å². The highest BCUT2D eigenvalue weighted by atomic mass is 32.2. The maximum Gasteiger partial charge on any atom is 0.175 e. The maximum absolute atomic E-state index is 12.2. The molecule has 0 aliphatic carbocycles. The van der Waals surface area contributed by atoms with Crippen LogP contribution < -0.4 is 0 Å². The van der Waals surface area contributed by atoms with Crippen molar-refractivity contribution >= 4 is 9.84 Å². The minimum atomic E-state index is -3.27. The summed E-state index contributed by atoms with van der Waals surface area (Å²) in [5.41, 5.74) is 0. The molecule has 0 aromatic carbocycles. The van der Waals surface area contributed by atoms with Gasteiger partial charge in [0.15, 0.2) is 9.84 Å². The molecule has 0 amide bonds. The molecule has 64 valence electrons. The Balaban J connectivity index is 4.91. The van der Waals surface area contributed by atoms with Gasteiger partial charge in [0.25, 0.3) is 0 Å². The van der Waals surface area contributed by atoms with Crippen molar-refractivity contribution in [3.05, 3.63) is 22.9 Å². The second kappa shape index (κ2) is 3.67. The number of hydrogen-bond donors (Lipinski definition) is 0. The molecule has 0 saturated heterocycles. The van der Waals surface area contributed by atoms with Crippen molar-refractivity contribution in [2.75, 3.05) is 6.26 Å². The predicted molar refractivity (Wildman–Crippen MR) is 43.5 cm³/mol. The third-order valence-electron chi connectivity index (χ3n) is 1.05. The standard InChI is InChI=1S/C7H11FO2S/c1-4-7(5-6(2)8)11(3,9)10/h4-5H,1-3H3. The van der Waals surface area contributed by atoms with E-state index in [0.29, 0.717) is 0 Å². The van der Waals surface area contributed by atoms with Crippen LogP contribution in [0.1, 0.15) is 13.8 Å². The first kappa shape index (κ1) is 10.4. The number of hydrogen-bond acceptors (Lipinski definition) is 2. The van der Waals surface area contributed by atoms with Gasteiger partial charge in [0.2, 0.25) is 0 Å². The molecule has 0 atom stereocenters. The van der Waals surface area contributed by atoms with Crippen LogP contribution in [-0.2, 0) is 9.84 Å². The molecule has 0 radical (unpaired) electrons. The fourth-order valence-corrected chi connectivity index (χ4v) is 1.41. The number of allylic oxidation sites excluding steroid dienone is 3. The zero-order valence-corrected chi connectivity index (χ0v) is 7.57. The lowest BCUT2D eigenvalue weighted by Crippen LogP contribution is -1.97. The van der Waals surface area contributed by atoms with Crippen LogP contribution in [-0.4, -0.2) is 14.7 Å². The smallest absolute Gasteiger partial charge is 0.175 e. The van der Waals surface area contributed by atoms with E-state index in [0.717, 1.165) is 12.3 Å². The molecule has 4 heteroatoms. The second-order valence-electron chi connectivity index (χ2n) is 2.19. The zero-order chi connectivity index (χ0) is 9.07. The lowest BCUT2D eigenvalue weighted by atomic mass is 10.4. The summed E-state index contributed by atoms with van der Waals surface area (Å²) in [5, 5.41) is 0. The molecule has 0 unspecified atom stereocenters. The van der Waals surface area contributed by atoms with Crippen LogP contribution in [0.2, 0.25) is 0 Å². The number of halogens is 1. The summed E-state index contributed by atoms with van der Waals surface area (Å²) in [5.74, 6) is -0.511. The first-order valence-corrected chi connectivity index (χ1v) is 4.97. The van der Waals surface area contributed by atoms with Crippen molar-refractivity contribution < 1.29 is 12.8 Å². The van der Waals surface area contributed by atoms with Crippen LogP contribution in [0.5, 0.6) is 0 Å². The molecule has 0 rings (SSSR count). The van der Waals surface area contributed by atoms with Crippen LogP contribution in [0.15, 0.2) is 22.9 Å². The molecule has 0 heterocycles. The molecular weight excluding hydrogens is 167 g/mol. The van der Waals surface area contributed by atoms with Crippen molar-refractivity contribution in [2.45, 2.75) is 13.8 Å². The molecule has 11 heavy (non-hydrogen) atoms. The third-order valence-corrected chi connectivity index (χ3v) is 2.26. The van der Waals surface area contributed by atoms with E-state index in [1.54, 1.807) is 6.92 Å². The fraction of sp³-hybridized carbons (Fsp3) is 0.429. The van der Waals surface area contributed by atoms with Gasteiger partial charge < -0.3 is 0 Å². The van der Waals surface area contributed by atoms with Crippen LogP contribution in [0, 0.1) is 0 Å². The molecule has 0 saturated carbocycles. The fourth-order valence-electron chi connectivity index (χ4n) is 0.600. The Morgan fingerprint density at radius 1 is 1.45 bits per heavy atom. The van der Waals surface area contributed by atoms with Gasteiger partial charge in [-0.2, -0.15) is 0 Å². The average Bonchev–Trinajstić information content (AvgIpc) is 1.79. The van der Waals surface area contributed by atoms with Crippen molar-refractivity contribution in [1.82, 2.24) is 0 Å². The first-order valence-electron chi connectivity index (χ1n) is 3.08. The van der Waals surface area contributed by atoms with Gasteiger partial charge in [0.05, 0.1) is 10.7 Å². The second-order valence-corrected chi connectivity index (χ2v) is 4.21. The molecule has 0 spiro atoms. The quantitative estimate of drug-likeness (QED) is 0.604. The summed E-state index contributed by atoms with van der Waals surface area (Å²) >= 11 is 0. The minimum Gasteiger partial charge on any atom is -0.224 e. The Bertz CT molecular complexity index is 282. The monoisotopic (exact) mass is 178 g/mol. The van der Waals surface area contributed by atoms with E-state index >= 15 is 0 Å². The normalized spacial score (nSPS) is 15.3. The molecule has 0 aliphatic rings. The highest BCUT2D eigenvalue weighted by Crippen LogP contribution is 2.09. The van der Waals surface area contributed by atoms with Gasteiger partial charge in [-0.3, -0.25) is 0 Å². The van der Waals surface area contributed by atoms with E-state index in [2.05, 4.69) is 0 Å². The average molecular weight is 178 g/mol. The molecule has 2 nitrogen and oxygen atoms in total. The summed E-state index contributed by atoms with van der Waals surface area (Å²) < 4.78 is 33.9. The van der Waals surface area contributed by atoms with Crippen LogP contribution in [0.4, 0.5) is 4.39 Å². The predicted octanol–water partition coefficient (Wildman–Crippen LogP) is 1.81. The van der Waals surface area contributed by atoms with Crippen molar-refractivity contribution in [3.8, 4) is 0 Å². The molecule has 0 bridgehead atoms. The lowest BCUT2D eigenvalue weighted by Gasteiger charge is -1.95. The van der Waals surface area contributed by atoms with Gasteiger partial charge in [-0.15, -0.1) is 0 Å². The number of rotatable bonds is 2. The van der Waals surface area contributed by atoms with Gasteiger partial charge in [0, 0.05) is 6.26 Å². The topological polar surface area (TPSA) is 34.1 Å². The maximum atomic E-state index is 12.2. The van der Waals surface area contributed by atoms with Crippen LogP contribution in [0.25, 0.3) is 0 Å². The van der Waals surface area contributed by atoms with E-state index in [4.69, 9.17) is 0 Å². The van der Waals surface area contributed by atoms with Crippen molar-refractivity contribution in [2.24, 2.45) is 0 Å². The van der Waals surface area contributed by atoms with Crippen molar-refractivity contribution in [1.29, 1.82) is 0 Å². The van der Waals surface area contributed by atoms with Gasteiger partial charge in [-0.05, 0) is 19.9 Å². The largest absolute Gasteiger partial charge is 0.224 e. The lowest BCUT2D eigenvalue weighted by molar-refractivity contribution is 0.606. The SMILES string of the molecule is CC=C(C=C(C)F)S(C)(=O)=O. The Labute approximate surface area is 66.3 Å². The zero-order valence-electron chi connectivity index (χ0n) is 6.76. The molecule has 0 aliphatic heterocycles. The summed E-state index contributed by atoms with van der Waals surface area (Å²) in [7, 11) is -3.27. The third kappa shape index (κ3) is 3.93. The highest BCUT2D eigenvalue weighted by molar-refractivity contribution is 7.94. The molecule has 0 N–H and O–H groups in total. The molecular formula is C7H11FO2S. The van der Waals surface area contributed by atoms with E-state index in [1.165, 1.54) is 13.0 Å². The highest BCUT2D eigenvalue weighted by Gasteiger charge is 2.06. The first-order chi connectivity index (χ1) is 4.88. The van der Waals surface area contributed by atoms with E-state index in [1.807, 2.05) is 0 Å². The number of sulfone groups is 1. The van der Waals surface area contributed by atoms with Gasteiger partial charge in [-0.25, -0.2) is 12.8 Å². The Kier molecular flexibility index (Phi) is 3.45. The van der Waals surface area contributed by atoms with Crippen LogP contribution >= 0.6 is 0 Å². The minimum absolute atomic E-state index is 0.0116. The molecule has 0 fully saturated rings. The Morgan fingerprint density at radius 2 is 1.91 bits per heavy atom. The molecule has 0 aromatic rings. The van der Waals surface area contributed by atoms with Gasteiger partial charge in [-0.1, -0.05) is 6.08 Å². The summed E-state index contributed by atoms with van der Waals surface area (Å²) in [6, 6.07) is 0. The van der Waals surface area contributed by atoms with E-state index < -0.39 is 15.7 Å². The van der Waals surface area contributed by atoms with Crippen LogP contribution in [0.3, 0.4) is 0 Å². The molecule has 0 aromatic heterocycles. The Morgan fingerprint density at radius 3 is 2.00 bits per heavy atom. The van der Waals surface area contributed by atoms with E-state index in [9.17, 15) is 12.8 Å². The summed E-state index contributed by atoms with van der Waals surface area (Å²) in [4.78, 5) is 0.0116. The summed E-state index contributed by atoms with van der Waals surface area (Å²) in [6.07, 6.45) is 3.40. The summed E-state index contributed by atoms with van der Waals surface area (Å²) in [6.45, 7) is 2.75. The Hall–Kier alpha value is -0.640.